The summed E-state index contributed by atoms with van der Waals surface area (Å²) in [6.45, 7) is 8.73. The fourth-order valence-corrected chi connectivity index (χ4v) is 4.47. The van der Waals surface area contributed by atoms with E-state index in [9.17, 15) is 0 Å². The van der Waals surface area contributed by atoms with Gasteiger partial charge in [0, 0.05) is 31.7 Å². The van der Waals surface area contributed by atoms with Crippen LogP contribution < -0.4 is 5.32 Å². The number of nitrogens with one attached hydrogen (secondary N) is 1. The van der Waals surface area contributed by atoms with Crippen molar-refractivity contribution < 1.29 is 0 Å². The first kappa shape index (κ1) is 13.9. The van der Waals surface area contributed by atoms with Gasteiger partial charge in [-0.05, 0) is 49.9 Å². The van der Waals surface area contributed by atoms with Crippen LogP contribution in [0.5, 0.6) is 0 Å². The minimum absolute atomic E-state index is 0.666. The van der Waals surface area contributed by atoms with Gasteiger partial charge in [0.2, 0.25) is 0 Å². The Labute approximate surface area is 119 Å². The number of rotatable bonds is 5. The monoisotopic (exact) mass is 264 g/mol. The van der Waals surface area contributed by atoms with Gasteiger partial charge in [-0.1, -0.05) is 26.7 Å². The minimum Gasteiger partial charge on any atom is -0.311 e. The molecule has 2 unspecified atom stereocenters. The Morgan fingerprint density at radius 3 is 2.47 bits per heavy atom. The van der Waals surface area contributed by atoms with Crippen molar-refractivity contribution in [1.82, 2.24) is 10.2 Å². The van der Waals surface area contributed by atoms with E-state index in [-0.39, 0.29) is 0 Å². The third-order valence-corrected chi connectivity index (χ3v) is 6.18. The first-order valence-corrected chi connectivity index (χ1v) is 8.74. The van der Waals surface area contributed by atoms with E-state index < -0.39 is 0 Å². The van der Waals surface area contributed by atoms with E-state index in [0.717, 1.165) is 18.0 Å². The normalized spacial score (nSPS) is 35.7. The van der Waals surface area contributed by atoms with Gasteiger partial charge in [-0.2, -0.15) is 0 Å². The SMILES string of the molecule is CCC1CNC(C2CC2)CN1CC1(CC)CCCC1. The summed E-state index contributed by atoms with van der Waals surface area (Å²) in [7, 11) is 0. The maximum absolute atomic E-state index is 3.83. The second-order valence-electron chi connectivity index (χ2n) is 7.40. The van der Waals surface area contributed by atoms with E-state index in [1.807, 2.05) is 0 Å². The Balaban J connectivity index is 1.64. The Morgan fingerprint density at radius 2 is 1.89 bits per heavy atom. The molecular weight excluding hydrogens is 232 g/mol. The average Bonchev–Trinajstić information content (AvgIpc) is 3.19. The summed E-state index contributed by atoms with van der Waals surface area (Å²) in [5.74, 6) is 1.00. The van der Waals surface area contributed by atoms with E-state index in [4.69, 9.17) is 0 Å². The van der Waals surface area contributed by atoms with Crippen LogP contribution in [0.15, 0.2) is 0 Å². The van der Waals surface area contributed by atoms with E-state index in [1.54, 1.807) is 0 Å². The highest BCUT2D eigenvalue weighted by atomic mass is 15.2. The fraction of sp³-hybridized carbons (Fsp3) is 1.00. The van der Waals surface area contributed by atoms with Crippen molar-refractivity contribution in [3.63, 3.8) is 0 Å². The topological polar surface area (TPSA) is 15.3 Å². The molecule has 2 atom stereocenters. The molecular formula is C17H32N2. The molecule has 2 aliphatic carbocycles. The van der Waals surface area contributed by atoms with Gasteiger partial charge >= 0.3 is 0 Å². The van der Waals surface area contributed by atoms with Crippen LogP contribution in [-0.2, 0) is 0 Å². The molecule has 3 fully saturated rings. The highest BCUT2D eigenvalue weighted by molar-refractivity contribution is 4.97. The minimum atomic E-state index is 0.666. The largest absolute Gasteiger partial charge is 0.311 e. The molecule has 0 amide bonds. The van der Waals surface area contributed by atoms with Crippen LogP contribution in [0.1, 0.15) is 65.2 Å². The average molecular weight is 264 g/mol. The third kappa shape index (κ3) is 3.00. The van der Waals surface area contributed by atoms with Crippen molar-refractivity contribution in [3.8, 4) is 0 Å². The lowest BCUT2D eigenvalue weighted by Crippen LogP contribution is -2.58. The van der Waals surface area contributed by atoms with Crippen LogP contribution in [0, 0.1) is 11.3 Å². The predicted molar refractivity (Wildman–Crippen MR) is 81.4 cm³/mol. The van der Waals surface area contributed by atoms with Crippen LogP contribution in [0.4, 0.5) is 0 Å². The number of hydrogen-bond donors (Lipinski definition) is 1. The first-order chi connectivity index (χ1) is 9.26. The van der Waals surface area contributed by atoms with Gasteiger partial charge in [0.05, 0.1) is 0 Å². The molecule has 1 heterocycles. The lowest BCUT2D eigenvalue weighted by Gasteiger charge is -2.45. The van der Waals surface area contributed by atoms with Gasteiger partial charge in [-0.25, -0.2) is 0 Å². The smallest absolute Gasteiger partial charge is 0.0224 e. The summed E-state index contributed by atoms with van der Waals surface area (Å²) in [5.41, 5.74) is 0.666. The Hall–Kier alpha value is -0.0800. The molecule has 0 aromatic heterocycles. The molecule has 1 N–H and O–H groups in total. The molecule has 0 radical (unpaired) electrons. The number of hydrogen-bond acceptors (Lipinski definition) is 2. The molecule has 3 rings (SSSR count). The second kappa shape index (κ2) is 5.73. The van der Waals surface area contributed by atoms with Crippen LogP contribution in [0.3, 0.4) is 0 Å². The maximum atomic E-state index is 3.83. The summed E-state index contributed by atoms with van der Waals surface area (Å²) in [5, 5.41) is 3.83. The molecule has 2 saturated carbocycles. The number of piperazine rings is 1. The maximum Gasteiger partial charge on any atom is 0.0224 e. The fourth-order valence-electron chi connectivity index (χ4n) is 4.47. The molecule has 0 aromatic rings. The summed E-state index contributed by atoms with van der Waals surface area (Å²) in [6, 6.07) is 1.59. The van der Waals surface area contributed by atoms with Gasteiger partial charge in [-0.3, -0.25) is 4.90 Å². The van der Waals surface area contributed by atoms with E-state index >= 15 is 0 Å². The molecule has 110 valence electrons. The predicted octanol–water partition coefficient (Wildman–Crippen LogP) is 3.42. The van der Waals surface area contributed by atoms with Gasteiger partial charge in [-0.15, -0.1) is 0 Å². The van der Waals surface area contributed by atoms with Crippen molar-refractivity contribution in [1.29, 1.82) is 0 Å². The van der Waals surface area contributed by atoms with E-state index in [0.29, 0.717) is 5.41 Å². The molecule has 0 aromatic carbocycles. The van der Waals surface area contributed by atoms with Crippen LogP contribution in [-0.4, -0.2) is 36.6 Å². The Bertz CT molecular complexity index is 292. The third-order valence-electron chi connectivity index (χ3n) is 6.18. The summed E-state index contributed by atoms with van der Waals surface area (Å²) in [4.78, 5) is 2.87. The van der Waals surface area contributed by atoms with Gasteiger partial charge in [0.1, 0.15) is 0 Å². The molecule has 0 spiro atoms. The van der Waals surface area contributed by atoms with Crippen molar-refractivity contribution in [2.45, 2.75) is 77.3 Å². The quantitative estimate of drug-likeness (QED) is 0.818. The summed E-state index contributed by atoms with van der Waals surface area (Å²) in [6.07, 6.45) is 11.6. The lowest BCUT2D eigenvalue weighted by molar-refractivity contribution is 0.0631. The molecule has 1 saturated heterocycles. The van der Waals surface area contributed by atoms with Crippen molar-refractivity contribution >= 4 is 0 Å². The standard InChI is InChI=1S/C17H32N2/c1-3-15-11-18-16(14-7-8-14)12-19(15)13-17(4-2)9-5-6-10-17/h14-16,18H,3-13H2,1-2H3. The summed E-state index contributed by atoms with van der Waals surface area (Å²) < 4.78 is 0. The molecule has 0 bridgehead atoms. The van der Waals surface area contributed by atoms with E-state index in [2.05, 4.69) is 24.1 Å². The van der Waals surface area contributed by atoms with Gasteiger partial charge in [0.25, 0.3) is 0 Å². The zero-order valence-corrected chi connectivity index (χ0v) is 13.0. The van der Waals surface area contributed by atoms with Crippen LogP contribution in [0.2, 0.25) is 0 Å². The lowest BCUT2D eigenvalue weighted by atomic mass is 9.82. The first-order valence-electron chi connectivity index (χ1n) is 8.74. The second-order valence-corrected chi connectivity index (χ2v) is 7.40. The molecule has 2 heteroatoms. The van der Waals surface area contributed by atoms with Gasteiger partial charge in [0.15, 0.2) is 0 Å². The Kier molecular flexibility index (Phi) is 4.19. The van der Waals surface area contributed by atoms with Crippen LogP contribution >= 0.6 is 0 Å². The van der Waals surface area contributed by atoms with Crippen molar-refractivity contribution in [2.24, 2.45) is 11.3 Å². The van der Waals surface area contributed by atoms with Crippen molar-refractivity contribution in [3.05, 3.63) is 0 Å². The highest BCUT2D eigenvalue weighted by Crippen LogP contribution is 2.43. The molecule has 19 heavy (non-hydrogen) atoms. The zero-order valence-electron chi connectivity index (χ0n) is 13.0. The van der Waals surface area contributed by atoms with Crippen LogP contribution in [0.25, 0.3) is 0 Å². The Morgan fingerprint density at radius 1 is 1.16 bits per heavy atom. The zero-order chi connectivity index (χ0) is 13.3. The molecule has 1 aliphatic heterocycles. The highest BCUT2D eigenvalue weighted by Gasteiger charge is 2.40. The molecule has 2 nitrogen and oxygen atoms in total. The molecule has 3 aliphatic rings. The van der Waals surface area contributed by atoms with Gasteiger partial charge < -0.3 is 5.32 Å². The number of nitrogens with zero attached hydrogens (tertiary/aromatic N) is 1. The van der Waals surface area contributed by atoms with Crippen molar-refractivity contribution in [2.75, 3.05) is 19.6 Å². The van der Waals surface area contributed by atoms with E-state index in [1.165, 1.54) is 71.0 Å². The summed E-state index contributed by atoms with van der Waals surface area (Å²) >= 11 is 0.